The lowest BCUT2D eigenvalue weighted by atomic mass is 9.90. The molecule has 0 saturated heterocycles. The molecule has 1 saturated carbocycles. The lowest BCUT2D eigenvalue weighted by Gasteiger charge is -2.33. The smallest absolute Gasteiger partial charge is 0.232 e. The Hall–Kier alpha value is -0.940. The highest BCUT2D eigenvalue weighted by molar-refractivity contribution is 4.98. The molecule has 1 fully saturated rings. The van der Waals surface area contributed by atoms with Gasteiger partial charge in [0.25, 0.3) is 0 Å². The molecule has 20 heavy (non-hydrogen) atoms. The molecule has 0 radical (unpaired) electrons. The second-order valence-electron chi connectivity index (χ2n) is 6.97. The summed E-state index contributed by atoms with van der Waals surface area (Å²) in [6.45, 7) is 7.04. The zero-order valence-electron chi connectivity index (χ0n) is 13.4. The molecule has 1 aliphatic rings. The van der Waals surface area contributed by atoms with Crippen LogP contribution in [0.1, 0.15) is 58.2 Å². The second-order valence-corrected chi connectivity index (χ2v) is 6.97. The lowest BCUT2D eigenvalue weighted by Crippen LogP contribution is -2.39. The van der Waals surface area contributed by atoms with Gasteiger partial charge in [-0.15, -0.1) is 0 Å². The summed E-state index contributed by atoms with van der Waals surface area (Å²) in [5.74, 6) is 1.52. The molecule has 1 heterocycles. The van der Waals surface area contributed by atoms with Crippen LogP contribution in [0.5, 0.6) is 0 Å². The molecule has 0 unspecified atom stereocenters. The van der Waals surface area contributed by atoms with Crippen LogP contribution in [0, 0.1) is 0 Å². The Morgan fingerprint density at radius 2 is 1.90 bits per heavy atom. The molecule has 0 bridgehead atoms. The lowest BCUT2D eigenvalue weighted by molar-refractivity contribution is 0.165. The predicted molar refractivity (Wildman–Crippen MR) is 79.6 cm³/mol. The van der Waals surface area contributed by atoms with Crippen molar-refractivity contribution in [2.45, 2.75) is 70.5 Å². The van der Waals surface area contributed by atoms with Crippen LogP contribution in [-0.4, -0.2) is 41.2 Å². The maximum atomic E-state index is 5.35. The van der Waals surface area contributed by atoms with Gasteiger partial charge in [-0.25, -0.2) is 0 Å². The van der Waals surface area contributed by atoms with E-state index in [2.05, 4.69) is 55.2 Å². The van der Waals surface area contributed by atoms with Gasteiger partial charge >= 0.3 is 0 Å². The predicted octanol–water partition coefficient (Wildman–Crippen LogP) is 2.33. The van der Waals surface area contributed by atoms with Gasteiger partial charge in [-0.1, -0.05) is 25.9 Å². The van der Waals surface area contributed by atoms with Crippen LogP contribution in [-0.2, 0) is 12.0 Å². The van der Waals surface area contributed by atoms with Crippen molar-refractivity contribution in [2.75, 3.05) is 14.1 Å². The molecule has 1 N–H and O–H groups in total. The van der Waals surface area contributed by atoms with Crippen molar-refractivity contribution < 1.29 is 4.52 Å². The fraction of sp³-hybridized carbons (Fsp3) is 0.867. The first-order valence-electron chi connectivity index (χ1n) is 7.60. The number of aromatic nitrogens is 2. The SMILES string of the molecule is CNC1CCC(N(C)Cc2noc(C(C)(C)C)n2)CC1. The first-order chi connectivity index (χ1) is 9.40. The van der Waals surface area contributed by atoms with Gasteiger partial charge in [-0.3, -0.25) is 4.90 Å². The highest BCUT2D eigenvalue weighted by Crippen LogP contribution is 2.24. The Labute approximate surface area is 122 Å². The third kappa shape index (κ3) is 3.79. The van der Waals surface area contributed by atoms with Crippen LogP contribution in [0.4, 0.5) is 0 Å². The summed E-state index contributed by atoms with van der Waals surface area (Å²) in [7, 11) is 4.22. The minimum absolute atomic E-state index is 0.0747. The van der Waals surface area contributed by atoms with Crippen LogP contribution >= 0.6 is 0 Å². The Morgan fingerprint density at radius 3 is 2.40 bits per heavy atom. The molecule has 2 rings (SSSR count). The van der Waals surface area contributed by atoms with Crippen molar-refractivity contribution in [1.29, 1.82) is 0 Å². The van der Waals surface area contributed by atoms with Gasteiger partial charge in [0.2, 0.25) is 5.89 Å². The molecule has 0 atom stereocenters. The first kappa shape index (κ1) is 15.4. The van der Waals surface area contributed by atoms with E-state index in [4.69, 9.17) is 4.52 Å². The van der Waals surface area contributed by atoms with Gasteiger partial charge < -0.3 is 9.84 Å². The molecule has 0 amide bonds. The van der Waals surface area contributed by atoms with E-state index >= 15 is 0 Å². The summed E-state index contributed by atoms with van der Waals surface area (Å²) < 4.78 is 5.35. The summed E-state index contributed by atoms with van der Waals surface area (Å²) in [5, 5.41) is 7.48. The molecule has 0 spiro atoms. The average Bonchev–Trinajstić information content (AvgIpc) is 2.87. The number of nitrogens with zero attached hydrogens (tertiary/aromatic N) is 3. The van der Waals surface area contributed by atoms with E-state index in [1.165, 1.54) is 25.7 Å². The molecule has 1 aromatic rings. The van der Waals surface area contributed by atoms with E-state index in [-0.39, 0.29) is 5.41 Å². The van der Waals surface area contributed by atoms with Crippen molar-refractivity contribution >= 4 is 0 Å². The molecule has 1 aliphatic carbocycles. The highest BCUT2D eigenvalue weighted by Gasteiger charge is 2.25. The summed E-state index contributed by atoms with van der Waals surface area (Å²) in [6.07, 6.45) is 4.99. The zero-order chi connectivity index (χ0) is 14.8. The highest BCUT2D eigenvalue weighted by atomic mass is 16.5. The van der Waals surface area contributed by atoms with Crippen molar-refractivity contribution in [3.05, 3.63) is 11.7 Å². The molecular weight excluding hydrogens is 252 g/mol. The Morgan fingerprint density at radius 1 is 1.25 bits per heavy atom. The number of hydrogen-bond acceptors (Lipinski definition) is 5. The van der Waals surface area contributed by atoms with E-state index in [0.29, 0.717) is 12.1 Å². The number of nitrogens with one attached hydrogen (secondary N) is 1. The molecule has 0 aromatic carbocycles. The molecule has 0 aliphatic heterocycles. The maximum Gasteiger partial charge on any atom is 0.232 e. The monoisotopic (exact) mass is 280 g/mol. The molecular formula is C15H28N4O. The quantitative estimate of drug-likeness (QED) is 0.917. The van der Waals surface area contributed by atoms with Gasteiger partial charge in [0.15, 0.2) is 5.82 Å². The number of hydrogen-bond donors (Lipinski definition) is 1. The van der Waals surface area contributed by atoms with E-state index < -0.39 is 0 Å². The van der Waals surface area contributed by atoms with Gasteiger partial charge in [-0.05, 0) is 39.8 Å². The standard InChI is InChI=1S/C15H28N4O/c1-15(2,3)14-17-13(18-20-14)10-19(5)12-8-6-11(16-4)7-9-12/h11-12,16H,6-10H2,1-5H3. The summed E-state index contributed by atoms with van der Waals surface area (Å²) in [4.78, 5) is 6.88. The summed E-state index contributed by atoms with van der Waals surface area (Å²) >= 11 is 0. The van der Waals surface area contributed by atoms with Crippen molar-refractivity contribution in [1.82, 2.24) is 20.4 Å². The normalized spacial score (nSPS) is 24.3. The Balaban J connectivity index is 1.88. The van der Waals surface area contributed by atoms with Gasteiger partial charge in [0.05, 0.1) is 6.54 Å². The molecule has 1 aromatic heterocycles. The Bertz CT molecular complexity index is 416. The summed E-state index contributed by atoms with van der Waals surface area (Å²) in [5.41, 5.74) is -0.0747. The summed E-state index contributed by atoms with van der Waals surface area (Å²) in [6, 6.07) is 1.33. The largest absolute Gasteiger partial charge is 0.339 e. The average molecular weight is 280 g/mol. The van der Waals surface area contributed by atoms with E-state index in [1.807, 2.05) is 0 Å². The Kier molecular flexibility index (Phi) is 4.81. The fourth-order valence-electron chi connectivity index (χ4n) is 2.78. The minimum Gasteiger partial charge on any atom is -0.339 e. The molecule has 5 heteroatoms. The van der Waals surface area contributed by atoms with E-state index in [9.17, 15) is 0 Å². The molecule has 114 valence electrons. The van der Waals surface area contributed by atoms with Crippen LogP contribution in [0.25, 0.3) is 0 Å². The van der Waals surface area contributed by atoms with E-state index in [0.717, 1.165) is 18.3 Å². The topological polar surface area (TPSA) is 54.2 Å². The van der Waals surface area contributed by atoms with Crippen LogP contribution in [0.2, 0.25) is 0 Å². The van der Waals surface area contributed by atoms with Crippen LogP contribution < -0.4 is 5.32 Å². The second kappa shape index (κ2) is 6.22. The van der Waals surface area contributed by atoms with E-state index in [1.54, 1.807) is 0 Å². The third-order valence-corrected chi connectivity index (χ3v) is 4.23. The number of rotatable bonds is 4. The molecule has 5 nitrogen and oxygen atoms in total. The van der Waals surface area contributed by atoms with Crippen molar-refractivity contribution in [2.24, 2.45) is 0 Å². The van der Waals surface area contributed by atoms with Gasteiger partial charge in [0.1, 0.15) is 0 Å². The minimum atomic E-state index is -0.0747. The van der Waals surface area contributed by atoms with Crippen LogP contribution in [0.15, 0.2) is 4.52 Å². The maximum absolute atomic E-state index is 5.35. The first-order valence-corrected chi connectivity index (χ1v) is 7.60. The van der Waals surface area contributed by atoms with Gasteiger partial charge in [0, 0.05) is 17.5 Å². The third-order valence-electron chi connectivity index (χ3n) is 4.23. The zero-order valence-corrected chi connectivity index (χ0v) is 13.4. The fourth-order valence-corrected chi connectivity index (χ4v) is 2.78. The van der Waals surface area contributed by atoms with Crippen molar-refractivity contribution in [3.8, 4) is 0 Å². The van der Waals surface area contributed by atoms with Crippen LogP contribution in [0.3, 0.4) is 0 Å². The van der Waals surface area contributed by atoms with Crippen molar-refractivity contribution in [3.63, 3.8) is 0 Å². The van der Waals surface area contributed by atoms with Gasteiger partial charge in [-0.2, -0.15) is 4.98 Å².